The molecule has 1 saturated carbocycles. The molecular formula is C13H15NO5. The van der Waals surface area contributed by atoms with Crippen LogP contribution in [0.15, 0.2) is 18.2 Å². The number of carboxylic acids is 1. The Hall–Kier alpha value is -1.95. The van der Waals surface area contributed by atoms with Crippen LogP contribution < -0.4 is 19.9 Å². The third kappa shape index (κ3) is 2.19. The first-order chi connectivity index (χ1) is 9.07. The lowest BCUT2D eigenvalue weighted by Crippen LogP contribution is -2.46. The van der Waals surface area contributed by atoms with Crippen molar-refractivity contribution < 1.29 is 24.1 Å². The van der Waals surface area contributed by atoms with Gasteiger partial charge in [0.05, 0.1) is 0 Å². The van der Waals surface area contributed by atoms with Crippen LogP contribution in [0, 0.1) is 0 Å². The van der Waals surface area contributed by atoms with Crippen LogP contribution in [-0.4, -0.2) is 29.5 Å². The van der Waals surface area contributed by atoms with Crippen molar-refractivity contribution in [3.8, 4) is 17.2 Å². The summed E-state index contributed by atoms with van der Waals surface area (Å²) in [5, 5.41) is 9.07. The molecule has 102 valence electrons. The summed E-state index contributed by atoms with van der Waals surface area (Å²) in [7, 11) is 0. The number of hydrogen-bond donors (Lipinski definition) is 2. The fourth-order valence-electron chi connectivity index (χ4n) is 2.47. The molecule has 0 radical (unpaired) electrons. The summed E-state index contributed by atoms with van der Waals surface area (Å²) in [5.74, 6) is 1.01. The first kappa shape index (κ1) is 12.1. The maximum Gasteiger partial charge on any atom is 0.323 e. The molecule has 2 aliphatic rings. The zero-order valence-corrected chi connectivity index (χ0v) is 10.3. The number of hydrogen-bond acceptors (Lipinski definition) is 5. The lowest BCUT2D eigenvalue weighted by atomic mass is 10.00. The van der Waals surface area contributed by atoms with Gasteiger partial charge in [0, 0.05) is 12.5 Å². The standard InChI is InChI=1S/C13H15NO5/c14-13(12(15)16)4-3-9(6-13)19-8-1-2-10-11(5-8)18-7-17-10/h1-2,5,9H,3-4,6-7,14H2,(H,15,16). The van der Waals surface area contributed by atoms with Crippen molar-refractivity contribution in [2.75, 3.05) is 6.79 Å². The molecule has 3 N–H and O–H groups in total. The van der Waals surface area contributed by atoms with Crippen molar-refractivity contribution in [3.05, 3.63) is 18.2 Å². The lowest BCUT2D eigenvalue weighted by molar-refractivity contribution is -0.143. The summed E-state index contributed by atoms with van der Waals surface area (Å²) in [4.78, 5) is 11.1. The molecule has 2 atom stereocenters. The molecule has 0 amide bonds. The zero-order chi connectivity index (χ0) is 13.5. The van der Waals surface area contributed by atoms with E-state index in [0.717, 1.165) is 0 Å². The van der Waals surface area contributed by atoms with Gasteiger partial charge in [-0.3, -0.25) is 4.79 Å². The summed E-state index contributed by atoms with van der Waals surface area (Å²) < 4.78 is 16.2. The minimum atomic E-state index is -1.17. The van der Waals surface area contributed by atoms with Crippen molar-refractivity contribution in [1.82, 2.24) is 0 Å². The first-order valence-corrected chi connectivity index (χ1v) is 6.15. The topological polar surface area (TPSA) is 91.0 Å². The van der Waals surface area contributed by atoms with Crippen molar-refractivity contribution in [1.29, 1.82) is 0 Å². The number of carboxylic acid groups (broad SMARTS) is 1. The summed E-state index contributed by atoms with van der Waals surface area (Å²) >= 11 is 0. The number of ether oxygens (including phenoxy) is 3. The number of benzene rings is 1. The smallest absolute Gasteiger partial charge is 0.323 e. The minimum Gasteiger partial charge on any atom is -0.490 e. The number of nitrogens with two attached hydrogens (primary N) is 1. The van der Waals surface area contributed by atoms with Crippen molar-refractivity contribution in [2.45, 2.75) is 30.9 Å². The average Bonchev–Trinajstić information content (AvgIpc) is 2.96. The molecule has 0 spiro atoms. The molecule has 2 unspecified atom stereocenters. The molecule has 19 heavy (non-hydrogen) atoms. The maximum atomic E-state index is 11.1. The van der Waals surface area contributed by atoms with Crippen molar-refractivity contribution in [3.63, 3.8) is 0 Å². The SMILES string of the molecule is NC1(C(=O)O)CCC(Oc2ccc3c(c2)OCO3)C1. The number of rotatable bonds is 3. The molecule has 1 aromatic rings. The molecular weight excluding hydrogens is 250 g/mol. The fourth-order valence-corrected chi connectivity index (χ4v) is 2.47. The summed E-state index contributed by atoms with van der Waals surface area (Å²) in [5.41, 5.74) is 4.65. The second-order valence-electron chi connectivity index (χ2n) is 4.96. The van der Waals surface area contributed by atoms with E-state index in [-0.39, 0.29) is 12.9 Å². The Morgan fingerprint density at radius 1 is 1.42 bits per heavy atom. The predicted octanol–water partition coefficient (Wildman–Crippen LogP) is 1.13. The van der Waals surface area contributed by atoms with Gasteiger partial charge in [-0.25, -0.2) is 0 Å². The Balaban J connectivity index is 1.68. The molecule has 6 heteroatoms. The number of aliphatic carboxylic acids is 1. The Morgan fingerprint density at radius 2 is 2.21 bits per heavy atom. The lowest BCUT2D eigenvalue weighted by Gasteiger charge is -2.18. The Bertz CT molecular complexity index is 518. The highest BCUT2D eigenvalue weighted by Crippen LogP contribution is 2.37. The molecule has 0 aromatic heterocycles. The highest BCUT2D eigenvalue weighted by molar-refractivity contribution is 5.79. The van der Waals surface area contributed by atoms with Gasteiger partial charge in [-0.15, -0.1) is 0 Å². The first-order valence-electron chi connectivity index (χ1n) is 6.15. The normalized spacial score (nSPS) is 28.4. The monoisotopic (exact) mass is 265 g/mol. The fraction of sp³-hybridized carbons (Fsp3) is 0.462. The van der Waals surface area contributed by atoms with E-state index in [1.807, 2.05) is 0 Å². The van der Waals surface area contributed by atoms with E-state index in [4.69, 9.17) is 25.1 Å². The molecule has 0 bridgehead atoms. The van der Waals surface area contributed by atoms with Crippen LogP contribution in [0.1, 0.15) is 19.3 Å². The Morgan fingerprint density at radius 3 is 2.95 bits per heavy atom. The number of fused-ring (bicyclic) bond motifs is 1. The van der Waals surface area contributed by atoms with Gasteiger partial charge in [-0.05, 0) is 25.0 Å². The second kappa shape index (κ2) is 4.31. The summed E-state index contributed by atoms with van der Waals surface area (Å²) in [6, 6.07) is 5.31. The van der Waals surface area contributed by atoms with E-state index in [9.17, 15) is 4.79 Å². The molecule has 0 saturated heterocycles. The molecule has 1 fully saturated rings. The quantitative estimate of drug-likeness (QED) is 0.851. The van der Waals surface area contributed by atoms with Crippen LogP contribution in [0.25, 0.3) is 0 Å². The van der Waals surface area contributed by atoms with Gasteiger partial charge in [0.25, 0.3) is 0 Å². The van der Waals surface area contributed by atoms with E-state index in [0.29, 0.717) is 36.5 Å². The Labute approximate surface area is 110 Å². The van der Waals surface area contributed by atoms with Crippen LogP contribution in [0.3, 0.4) is 0 Å². The maximum absolute atomic E-state index is 11.1. The van der Waals surface area contributed by atoms with Gasteiger partial charge in [-0.2, -0.15) is 0 Å². The summed E-state index contributed by atoms with van der Waals surface area (Å²) in [6.07, 6.45) is 1.20. The molecule has 6 nitrogen and oxygen atoms in total. The van der Waals surface area contributed by atoms with E-state index in [1.54, 1.807) is 18.2 Å². The van der Waals surface area contributed by atoms with Gasteiger partial charge in [0.15, 0.2) is 11.5 Å². The van der Waals surface area contributed by atoms with E-state index >= 15 is 0 Å². The second-order valence-corrected chi connectivity index (χ2v) is 4.96. The van der Waals surface area contributed by atoms with Crippen LogP contribution in [0.4, 0.5) is 0 Å². The highest BCUT2D eigenvalue weighted by atomic mass is 16.7. The van der Waals surface area contributed by atoms with Gasteiger partial charge in [0.2, 0.25) is 6.79 Å². The van der Waals surface area contributed by atoms with Crippen molar-refractivity contribution >= 4 is 5.97 Å². The van der Waals surface area contributed by atoms with Gasteiger partial charge in [0.1, 0.15) is 17.4 Å². The van der Waals surface area contributed by atoms with E-state index in [1.165, 1.54) is 0 Å². The highest BCUT2D eigenvalue weighted by Gasteiger charge is 2.43. The van der Waals surface area contributed by atoms with Gasteiger partial charge < -0.3 is 25.1 Å². The van der Waals surface area contributed by atoms with Crippen LogP contribution in [-0.2, 0) is 4.79 Å². The minimum absolute atomic E-state index is 0.179. The molecule has 1 heterocycles. The van der Waals surface area contributed by atoms with Gasteiger partial charge in [-0.1, -0.05) is 0 Å². The zero-order valence-electron chi connectivity index (χ0n) is 10.3. The third-order valence-electron chi connectivity index (χ3n) is 3.58. The van der Waals surface area contributed by atoms with E-state index < -0.39 is 11.5 Å². The van der Waals surface area contributed by atoms with E-state index in [2.05, 4.69) is 0 Å². The average molecular weight is 265 g/mol. The van der Waals surface area contributed by atoms with Crippen LogP contribution in [0.2, 0.25) is 0 Å². The largest absolute Gasteiger partial charge is 0.490 e. The summed E-state index contributed by atoms with van der Waals surface area (Å²) in [6.45, 7) is 0.215. The molecule has 1 aliphatic carbocycles. The van der Waals surface area contributed by atoms with Crippen LogP contribution >= 0.6 is 0 Å². The van der Waals surface area contributed by atoms with Crippen LogP contribution in [0.5, 0.6) is 17.2 Å². The molecule has 1 aromatic carbocycles. The third-order valence-corrected chi connectivity index (χ3v) is 3.58. The molecule has 1 aliphatic heterocycles. The van der Waals surface area contributed by atoms with Crippen molar-refractivity contribution in [2.24, 2.45) is 5.73 Å². The Kier molecular flexibility index (Phi) is 2.74. The predicted molar refractivity (Wildman–Crippen MR) is 65.4 cm³/mol. The molecule has 3 rings (SSSR count). The number of carbonyl (C=O) groups is 1. The van der Waals surface area contributed by atoms with Gasteiger partial charge >= 0.3 is 5.97 Å².